The highest BCUT2D eigenvalue weighted by atomic mass is 16.6. The summed E-state index contributed by atoms with van der Waals surface area (Å²) in [5, 5.41) is 19.6. The van der Waals surface area contributed by atoms with Gasteiger partial charge in [0.1, 0.15) is 12.3 Å². The Hall–Kier alpha value is -2.65. The van der Waals surface area contributed by atoms with E-state index in [0.717, 1.165) is 0 Å². The molecule has 0 unspecified atom stereocenters. The first-order chi connectivity index (χ1) is 9.15. The summed E-state index contributed by atoms with van der Waals surface area (Å²) in [5.74, 6) is 0.689. The van der Waals surface area contributed by atoms with Crippen molar-refractivity contribution in [1.82, 2.24) is 30.6 Å². The first-order valence-electron chi connectivity index (χ1n) is 5.48. The molecule has 2 rings (SSSR count). The van der Waals surface area contributed by atoms with Crippen molar-refractivity contribution in [2.45, 2.75) is 6.92 Å². The van der Waals surface area contributed by atoms with Gasteiger partial charge in [0.05, 0.1) is 12.7 Å². The van der Waals surface area contributed by atoms with E-state index in [1.165, 1.54) is 4.68 Å². The van der Waals surface area contributed by atoms with Crippen LogP contribution < -0.4 is 15.4 Å². The lowest BCUT2D eigenvalue weighted by Crippen LogP contribution is -2.32. The van der Waals surface area contributed by atoms with Crippen molar-refractivity contribution in [3.63, 3.8) is 0 Å². The molecule has 0 spiro atoms. The van der Waals surface area contributed by atoms with Crippen molar-refractivity contribution in [1.29, 1.82) is 0 Å². The second-order valence-corrected chi connectivity index (χ2v) is 3.66. The van der Waals surface area contributed by atoms with E-state index in [4.69, 9.17) is 4.74 Å². The molecule has 0 aliphatic heterocycles. The van der Waals surface area contributed by atoms with Gasteiger partial charge in [-0.05, 0) is 12.1 Å². The summed E-state index contributed by atoms with van der Waals surface area (Å²) in [6.07, 6.45) is 1.58. The van der Waals surface area contributed by atoms with Crippen LogP contribution in [0.2, 0.25) is 0 Å². The third kappa shape index (κ3) is 3.66. The molecule has 0 atom stereocenters. The second-order valence-electron chi connectivity index (χ2n) is 3.66. The molecule has 19 heavy (non-hydrogen) atoms. The lowest BCUT2D eigenvalue weighted by atomic mass is 10.5. The maximum absolute atomic E-state index is 11.4. The minimum Gasteiger partial charge on any atom is -0.472 e. The Balaban J connectivity index is 1.65. The second kappa shape index (κ2) is 5.80. The molecule has 0 aliphatic carbocycles. The van der Waals surface area contributed by atoms with E-state index in [9.17, 15) is 4.79 Å². The van der Waals surface area contributed by atoms with Crippen LogP contribution in [0.25, 0.3) is 0 Å². The van der Waals surface area contributed by atoms with Gasteiger partial charge in [0.15, 0.2) is 5.82 Å². The smallest absolute Gasteiger partial charge is 0.320 e. The van der Waals surface area contributed by atoms with Crippen LogP contribution in [0.15, 0.2) is 10.8 Å². The number of nitrogens with zero attached hydrogens (tertiary/aromatic N) is 5. The standard InChI is InChI=1S/C9H13N7O3/c1-6-8(14-19-13-6)18-4-3-10-9(17)11-7-5-16(2)15-12-7/h5H,3-4H2,1-2H3,(H2,10,11,17). The summed E-state index contributed by atoms with van der Waals surface area (Å²) in [4.78, 5) is 11.4. The van der Waals surface area contributed by atoms with Crippen LogP contribution in [-0.4, -0.2) is 44.5 Å². The number of aromatic nitrogens is 5. The largest absolute Gasteiger partial charge is 0.472 e. The molecule has 0 aliphatic rings. The van der Waals surface area contributed by atoms with Gasteiger partial charge < -0.3 is 10.1 Å². The molecule has 10 nitrogen and oxygen atoms in total. The highest BCUT2D eigenvalue weighted by Gasteiger charge is 2.07. The molecule has 2 aromatic rings. The Morgan fingerprint density at radius 3 is 3.00 bits per heavy atom. The molecule has 2 aromatic heterocycles. The molecule has 0 bridgehead atoms. The van der Waals surface area contributed by atoms with E-state index in [2.05, 4.69) is 35.9 Å². The summed E-state index contributed by atoms with van der Waals surface area (Å²) in [6.45, 7) is 2.27. The lowest BCUT2D eigenvalue weighted by Gasteiger charge is -2.05. The number of amides is 2. The van der Waals surface area contributed by atoms with E-state index in [1.807, 2.05) is 0 Å². The van der Waals surface area contributed by atoms with Gasteiger partial charge in [-0.1, -0.05) is 10.4 Å². The summed E-state index contributed by atoms with van der Waals surface area (Å²) in [6, 6.07) is -0.390. The molecule has 2 N–H and O–H groups in total. The van der Waals surface area contributed by atoms with Gasteiger partial charge >= 0.3 is 6.03 Å². The fourth-order valence-electron chi connectivity index (χ4n) is 1.23. The fourth-order valence-corrected chi connectivity index (χ4v) is 1.23. The molecule has 0 saturated heterocycles. The predicted octanol–water partition coefficient (Wildman–Crippen LogP) is -0.293. The third-order valence-corrected chi connectivity index (χ3v) is 2.08. The Bertz CT molecular complexity index is 550. The highest BCUT2D eigenvalue weighted by molar-refractivity contribution is 5.87. The minimum atomic E-state index is -0.390. The first kappa shape index (κ1) is 12.8. The Morgan fingerprint density at radius 2 is 2.37 bits per heavy atom. The van der Waals surface area contributed by atoms with Gasteiger partial charge in [0.25, 0.3) is 5.88 Å². The number of carbonyl (C=O) groups is 1. The number of carbonyl (C=O) groups excluding carboxylic acids is 1. The van der Waals surface area contributed by atoms with Crippen LogP contribution in [-0.2, 0) is 7.05 Å². The van der Waals surface area contributed by atoms with Crippen LogP contribution in [0.4, 0.5) is 10.6 Å². The average molecular weight is 267 g/mol. The van der Waals surface area contributed by atoms with Crippen LogP contribution in [0, 0.1) is 6.92 Å². The van der Waals surface area contributed by atoms with Crippen molar-refractivity contribution in [2.75, 3.05) is 18.5 Å². The fraction of sp³-hybridized carbons (Fsp3) is 0.444. The number of aryl methyl sites for hydroxylation is 2. The van der Waals surface area contributed by atoms with E-state index < -0.39 is 0 Å². The molecule has 0 fully saturated rings. The average Bonchev–Trinajstić information content (AvgIpc) is 2.94. The molecular formula is C9H13N7O3. The van der Waals surface area contributed by atoms with E-state index in [1.54, 1.807) is 20.2 Å². The third-order valence-electron chi connectivity index (χ3n) is 2.08. The highest BCUT2D eigenvalue weighted by Crippen LogP contribution is 2.09. The maximum Gasteiger partial charge on any atom is 0.320 e. The van der Waals surface area contributed by atoms with Gasteiger partial charge in [0, 0.05) is 7.05 Å². The number of nitrogens with one attached hydrogen (secondary N) is 2. The summed E-state index contributed by atoms with van der Waals surface area (Å²) in [7, 11) is 1.71. The molecular weight excluding hydrogens is 254 g/mol. The molecule has 0 saturated carbocycles. The first-order valence-corrected chi connectivity index (χ1v) is 5.48. The summed E-state index contributed by atoms with van der Waals surface area (Å²) >= 11 is 0. The summed E-state index contributed by atoms with van der Waals surface area (Å²) < 4.78 is 11.2. The topological polar surface area (TPSA) is 120 Å². The Morgan fingerprint density at radius 1 is 1.53 bits per heavy atom. The van der Waals surface area contributed by atoms with Gasteiger partial charge in [0.2, 0.25) is 0 Å². The molecule has 0 radical (unpaired) electrons. The van der Waals surface area contributed by atoms with Crippen molar-refractivity contribution in [3.05, 3.63) is 11.9 Å². The molecule has 10 heteroatoms. The van der Waals surface area contributed by atoms with Crippen molar-refractivity contribution in [2.24, 2.45) is 7.05 Å². The zero-order valence-corrected chi connectivity index (χ0v) is 10.5. The minimum absolute atomic E-state index is 0.253. The maximum atomic E-state index is 11.4. The lowest BCUT2D eigenvalue weighted by molar-refractivity contribution is 0.240. The number of hydrogen-bond acceptors (Lipinski definition) is 7. The molecule has 2 heterocycles. The Labute approximate surface area is 108 Å². The zero-order chi connectivity index (χ0) is 13.7. The van der Waals surface area contributed by atoms with Gasteiger partial charge in [-0.25, -0.2) is 9.42 Å². The zero-order valence-electron chi connectivity index (χ0n) is 10.5. The predicted molar refractivity (Wildman–Crippen MR) is 62.6 cm³/mol. The van der Waals surface area contributed by atoms with Crippen LogP contribution in [0.5, 0.6) is 5.88 Å². The molecule has 102 valence electrons. The Kier molecular flexibility index (Phi) is 3.90. The van der Waals surface area contributed by atoms with E-state index in [0.29, 0.717) is 23.9 Å². The van der Waals surface area contributed by atoms with E-state index in [-0.39, 0.29) is 12.6 Å². The number of anilines is 1. The number of hydrogen-bond donors (Lipinski definition) is 2. The van der Waals surface area contributed by atoms with Crippen LogP contribution >= 0.6 is 0 Å². The summed E-state index contributed by atoms with van der Waals surface area (Å²) in [5.41, 5.74) is 0.559. The number of ether oxygens (including phenoxy) is 1. The monoisotopic (exact) mass is 267 g/mol. The van der Waals surface area contributed by atoms with Crippen LogP contribution in [0.1, 0.15) is 5.69 Å². The molecule has 2 amide bonds. The van der Waals surface area contributed by atoms with Crippen molar-refractivity contribution < 1.29 is 14.2 Å². The van der Waals surface area contributed by atoms with Crippen LogP contribution in [0.3, 0.4) is 0 Å². The van der Waals surface area contributed by atoms with Crippen molar-refractivity contribution in [3.8, 4) is 5.88 Å². The van der Waals surface area contributed by atoms with Crippen molar-refractivity contribution >= 4 is 11.8 Å². The van der Waals surface area contributed by atoms with Gasteiger partial charge in [-0.2, -0.15) is 0 Å². The normalized spacial score (nSPS) is 10.2. The number of rotatable bonds is 5. The quantitative estimate of drug-likeness (QED) is 0.714. The number of urea groups is 1. The molecule has 0 aromatic carbocycles. The SMILES string of the molecule is Cc1nonc1OCCNC(=O)Nc1cn(C)nn1. The van der Waals surface area contributed by atoms with Gasteiger partial charge in [-0.15, -0.1) is 5.10 Å². The van der Waals surface area contributed by atoms with E-state index >= 15 is 0 Å². The van der Waals surface area contributed by atoms with Gasteiger partial charge in [-0.3, -0.25) is 10.00 Å².